The Morgan fingerprint density at radius 3 is 1.36 bits per heavy atom. The maximum absolute atomic E-state index is 13.3. The van der Waals surface area contributed by atoms with Crippen LogP contribution in [-0.2, 0) is 9.59 Å². The number of carbonyl (C=O) groups is 6. The third kappa shape index (κ3) is 11.9. The van der Waals surface area contributed by atoms with E-state index in [1.807, 2.05) is 13.8 Å². The lowest BCUT2D eigenvalue weighted by atomic mass is 9.49. The Morgan fingerprint density at radius 2 is 0.986 bits per heavy atom. The second-order valence-corrected chi connectivity index (χ2v) is 21.4. The number of Topliss-reactive ketones (excluding diaryl/α,β-unsaturated/α-hetero) is 2. The van der Waals surface area contributed by atoms with Crippen molar-refractivity contribution in [2.45, 2.75) is 127 Å². The maximum atomic E-state index is 13.3. The summed E-state index contributed by atoms with van der Waals surface area (Å²) in [5.74, 6) is 1.87. The number of benzene rings is 2. The van der Waals surface area contributed by atoms with Crippen LogP contribution in [0.5, 0.6) is 11.5 Å². The van der Waals surface area contributed by atoms with Gasteiger partial charge in [0.25, 0.3) is 23.6 Å². The van der Waals surface area contributed by atoms with Crippen LogP contribution in [0.3, 0.4) is 0 Å². The highest BCUT2D eigenvalue weighted by Gasteiger charge is 2.60. The van der Waals surface area contributed by atoms with Crippen molar-refractivity contribution < 1.29 is 38.6 Å². The van der Waals surface area contributed by atoms with Gasteiger partial charge in [-0.3, -0.25) is 38.7 Å². The van der Waals surface area contributed by atoms with Crippen molar-refractivity contribution in [1.29, 1.82) is 0 Å². The molecule has 0 saturated heterocycles. The van der Waals surface area contributed by atoms with Crippen LogP contribution in [0.25, 0.3) is 0 Å². The molecule has 0 radical (unpaired) electrons. The molecule has 69 heavy (non-hydrogen) atoms. The van der Waals surface area contributed by atoms with Crippen molar-refractivity contribution in [2.75, 3.05) is 11.9 Å². The Hall–Kier alpha value is -6.10. The van der Waals surface area contributed by atoms with Crippen LogP contribution in [0.2, 0.25) is 0 Å². The monoisotopic (exact) mass is 1000 g/mol. The lowest BCUT2D eigenvalue weighted by Gasteiger charge is -2.62. The summed E-state index contributed by atoms with van der Waals surface area (Å²) < 4.78 is 5.47. The molecule has 17 heteroatoms. The summed E-state index contributed by atoms with van der Waals surface area (Å²) in [5, 5.41) is 23.4. The normalized spacial score (nSPS) is 28.4. The van der Waals surface area contributed by atoms with Gasteiger partial charge in [-0.05, 0) is 165 Å². The first-order valence-electron chi connectivity index (χ1n) is 23.8. The molecule has 12 rings (SSSR count). The number of phenolic OH excluding ortho intramolecular Hbond substituents is 1. The van der Waals surface area contributed by atoms with Crippen LogP contribution < -0.4 is 26.0 Å². The van der Waals surface area contributed by atoms with Crippen molar-refractivity contribution in [1.82, 2.24) is 41.2 Å². The number of ether oxygens (including phenoxy) is 1. The minimum absolute atomic E-state index is 0.0219. The largest absolute Gasteiger partial charge is 0.508 e. The van der Waals surface area contributed by atoms with Gasteiger partial charge in [0.15, 0.2) is 5.78 Å². The van der Waals surface area contributed by atoms with Gasteiger partial charge in [0.05, 0.1) is 29.1 Å². The van der Waals surface area contributed by atoms with Crippen LogP contribution in [-0.4, -0.2) is 94.3 Å². The van der Waals surface area contributed by atoms with E-state index in [9.17, 15) is 33.9 Å². The average Bonchev–Trinajstić information content (AvgIpc) is 3.27. The molecule has 8 bridgehead atoms. The van der Waals surface area contributed by atoms with E-state index in [2.05, 4.69) is 57.1 Å². The van der Waals surface area contributed by atoms with Gasteiger partial charge in [0, 0.05) is 45.7 Å². The fraction of sp³-hybridized carbons (Fsp3) is 0.500. The third-order valence-corrected chi connectivity index (χ3v) is 15.2. The highest BCUT2D eigenvalue weighted by Crippen LogP contribution is 2.59. The number of aromatic hydroxyl groups is 1. The molecule has 4 amide bonds. The summed E-state index contributed by atoms with van der Waals surface area (Å²) in [6.07, 6.45) is 17.5. The third-order valence-electron chi connectivity index (χ3n) is 14.4. The first-order chi connectivity index (χ1) is 32.8. The van der Waals surface area contributed by atoms with E-state index in [1.54, 1.807) is 54.9 Å². The second-order valence-electron chi connectivity index (χ2n) is 20.9. The van der Waals surface area contributed by atoms with Gasteiger partial charge in [0.2, 0.25) is 0 Å². The number of nitrogens with one attached hydrogen (secondary N) is 4. The minimum atomic E-state index is -0.344. The summed E-state index contributed by atoms with van der Waals surface area (Å²) >= 11 is 2.96. The van der Waals surface area contributed by atoms with Crippen LogP contribution in [0.4, 0.5) is 0 Å². The zero-order chi connectivity index (χ0) is 49.1. The van der Waals surface area contributed by atoms with E-state index in [4.69, 9.17) is 4.74 Å². The molecule has 8 aliphatic rings. The summed E-state index contributed by atoms with van der Waals surface area (Å²) in [6, 6.07) is 13.4. The van der Waals surface area contributed by atoms with E-state index >= 15 is 0 Å². The molecule has 2 aromatic carbocycles. The first-order valence-corrected chi connectivity index (χ1v) is 24.9. The molecule has 0 spiro atoms. The summed E-state index contributed by atoms with van der Waals surface area (Å²) in [7, 11) is 0. The van der Waals surface area contributed by atoms with Crippen molar-refractivity contribution in [2.24, 2.45) is 23.7 Å². The number of amides is 4. The number of aryl methyl sites for hydroxylation is 2. The summed E-state index contributed by atoms with van der Waals surface area (Å²) in [5.41, 5.74) is 1.72. The fourth-order valence-electron chi connectivity index (χ4n) is 13.1. The van der Waals surface area contributed by atoms with E-state index < -0.39 is 0 Å². The summed E-state index contributed by atoms with van der Waals surface area (Å²) in [6.45, 7) is 6.62. The molecule has 364 valence electrons. The topological polar surface area (TPSA) is 232 Å². The number of carbonyl (C=O) groups excluding carboxylic acids is 6. The van der Waals surface area contributed by atoms with Gasteiger partial charge < -0.3 is 31.1 Å². The van der Waals surface area contributed by atoms with E-state index in [0.717, 1.165) is 70.6 Å². The number of aromatic nitrogens is 4. The Balaban J connectivity index is 0.000000171. The molecule has 4 aromatic rings. The van der Waals surface area contributed by atoms with Gasteiger partial charge in [-0.1, -0.05) is 28.1 Å². The lowest BCUT2D eigenvalue weighted by molar-refractivity contribution is -0.119. The summed E-state index contributed by atoms with van der Waals surface area (Å²) in [4.78, 5) is 90.0. The molecule has 4 unspecified atom stereocenters. The molecule has 8 saturated carbocycles. The SMILES string of the molecule is CC(=O)CBr.CC(=O)COc1cccc(C(=O)NC23CC4CC(C2)CC(NC(=O)c2cncc(C)n2)(C4)C3)c1.Cc1cncc(C(=O)NC23CC4CC(CC(NC(=O)c5cccc(O)c5)(C4)C2)C3)n1. The predicted molar refractivity (Wildman–Crippen MR) is 259 cm³/mol. The zero-order valence-electron chi connectivity index (χ0n) is 39.6. The van der Waals surface area contributed by atoms with Crippen molar-refractivity contribution in [3.63, 3.8) is 0 Å². The van der Waals surface area contributed by atoms with Gasteiger partial charge >= 0.3 is 0 Å². The zero-order valence-corrected chi connectivity index (χ0v) is 41.2. The van der Waals surface area contributed by atoms with E-state index in [-0.39, 0.29) is 69.7 Å². The van der Waals surface area contributed by atoms with Crippen LogP contribution >= 0.6 is 15.9 Å². The molecule has 5 N–H and O–H groups in total. The number of halogens is 1. The average molecular weight is 1010 g/mol. The Labute approximate surface area is 410 Å². The number of phenols is 1. The van der Waals surface area contributed by atoms with Crippen molar-refractivity contribution >= 4 is 51.1 Å². The van der Waals surface area contributed by atoms with Crippen LogP contribution in [0, 0.1) is 37.5 Å². The standard InChI is InChI=1S/C26H30N4O4.C23H26N4O3.C3H5BrO/c1-16-12-27-13-22(28-16)24(33)30-26-10-18-6-19(11-26)9-25(8-18,15-26)29-23(32)20-4-3-5-21(7-20)34-14-17(2)31;1-14-11-24-12-19(25-14)21(30)27-23-9-15-5-16(10-23)8-22(7-15,13-23)26-20(29)17-3-2-4-18(28)6-17;1-3(5)2-4/h3-5,7,12-13,18-19H,6,8-11,14-15H2,1-2H3,(H,29,32)(H,30,33);2-4,6,11-12,15-16,28H,5,7-10,13H2,1H3,(H,26,29)(H,27,30);2H2,1H3. The van der Waals surface area contributed by atoms with Crippen molar-refractivity contribution in [3.05, 3.63) is 107 Å². The highest BCUT2D eigenvalue weighted by molar-refractivity contribution is 9.09. The molecule has 4 atom stereocenters. The maximum Gasteiger partial charge on any atom is 0.271 e. The minimum Gasteiger partial charge on any atom is -0.508 e. The van der Waals surface area contributed by atoms with Gasteiger partial charge in [0.1, 0.15) is 35.3 Å². The Kier molecular flexibility index (Phi) is 14.4. The predicted octanol–water partition coefficient (Wildman–Crippen LogP) is 6.72. The van der Waals surface area contributed by atoms with Crippen LogP contribution in [0.15, 0.2) is 73.3 Å². The number of nitrogens with zero attached hydrogens (tertiary/aromatic N) is 4. The number of rotatable bonds is 12. The fourth-order valence-corrected chi connectivity index (χ4v) is 13.1. The molecule has 2 aromatic heterocycles. The van der Waals surface area contributed by atoms with Gasteiger partial charge in [-0.15, -0.1) is 0 Å². The molecular formula is C52H61BrN8O8. The number of hydrogen-bond acceptors (Lipinski definition) is 12. The lowest BCUT2D eigenvalue weighted by Crippen LogP contribution is -2.69. The Morgan fingerprint density at radius 1 is 0.594 bits per heavy atom. The number of alkyl halides is 1. The molecule has 0 aliphatic heterocycles. The molecule has 8 fully saturated rings. The molecule has 16 nitrogen and oxygen atoms in total. The highest BCUT2D eigenvalue weighted by atomic mass is 79.9. The molecular weight excluding hydrogens is 945 g/mol. The number of ketones is 2. The van der Waals surface area contributed by atoms with Gasteiger partial charge in [-0.2, -0.15) is 0 Å². The smallest absolute Gasteiger partial charge is 0.271 e. The molecule has 8 aliphatic carbocycles. The number of hydrogen-bond donors (Lipinski definition) is 5. The van der Waals surface area contributed by atoms with Gasteiger partial charge in [-0.25, -0.2) is 9.97 Å². The van der Waals surface area contributed by atoms with Crippen molar-refractivity contribution in [3.8, 4) is 11.5 Å². The van der Waals surface area contributed by atoms with E-state index in [0.29, 0.717) is 75.1 Å². The first kappa shape index (κ1) is 49.3. The van der Waals surface area contributed by atoms with Crippen LogP contribution in [0.1, 0.15) is 144 Å². The second kappa shape index (κ2) is 20.1. The quantitative estimate of drug-likeness (QED) is 0.0932. The Bertz CT molecular complexity index is 2540. The van der Waals surface area contributed by atoms with E-state index in [1.165, 1.54) is 32.3 Å². The molecule has 2 heterocycles.